The predicted octanol–water partition coefficient (Wildman–Crippen LogP) is 7.22. The summed E-state index contributed by atoms with van der Waals surface area (Å²) in [5.41, 5.74) is 7.25. The molecule has 3 aromatic carbocycles. The number of hydrogen-bond donors (Lipinski definition) is 1. The molecule has 1 N–H and O–H groups in total. The summed E-state index contributed by atoms with van der Waals surface area (Å²) < 4.78 is 0. The molecule has 0 fully saturated rings. The van der Waals surface area contributed by atoms with E-state index in [0.29, 0.717) is 0 Å². The summed E-state index contributed by atoms with van der Waals surface area (Å²) in [5, 5.41) is 7.13. The Hall–Kier alpha value is -3.72. The first-order chi connectivity index (χ1) is 16.0. The topological polar surface area (TPSA) is 41.6 Å². The van der Waals surface area contributed by atoms with Crippen molar-refractivity contribution in [2.45, 2.75) is 32.6 Å². The maximum absolute atomic E-state index is 4.44. The minimum Gasteiger partial charge on any atom is -0.259 e. The number of allylic oxidation sites excluding steroid dienone is 4. The molecule has 0 amide bonds. The quantitative estimate of drug-likeness (QED) is 0.371. The maximum Gasteiger partial charge on any atom is 0.155 e. The zero-order valence-electron chi connectivity index (χ0n) is 19.4. The van der Waals surface area contributed by atoms with Crippen molar-refractivity contribution in [3.05, 3.63) is 126 Å². The van der Waals surface area contributed by atoms with Gasteiger partial charge in [0.15, 0.2) is 5.82 Å². The van der Waals surface area contributed by atoms with Crippen LogP contribution in [0.25, 0.3) is 16.7 Å². The molecule has 0 bridgehead atoms. The molecule has 1 aromatic heterocycles. The van der Waals surface area contributed by atoms with Crippen molar-refractivity contribution >= 4 is 5.57 Å². The zero-order chi connectivity index (χ0) is 22.9. The lowest BCUT2D eigenvalue weighted by Gasteiger charge is -2.45. The van der Waals surface area contributed by atoms with Crippen LogP contribution < -0.4 is 0 Å². The summed E-state index contributed by atoms with van der Waals surface area (Å²) in [6, 6.07) is 30.5. The third-order valence-electron chi connectivity index (χ3n) is 6.62. The van der Waals surface area contributed by atoms with Gasteiger partial charge in [-0.05, 0) is 39.7 Å². The van der Waals surface area contributed by atoms with Crippen molar-refractivity contribution in [3.63, 3.8) is 0 Å². The summed E-state index contributed by atoms with van der Waals surface area (Å²) in [6.07, 6.45) is 7.06. The normalized spacial score (nSPS) is 18.5. The predicted molar refractivity (Wildman–Crippen MR) is 136 cm³/mol. The molecule has 1 heterocycles. The van der Waals surface area contributed by atoms with Gasteiger partial charge in [-0.2, -0.15) is 5.10 Å². The second-order valence-electron chi connectivity index (χ2n) is 9.69. The van der Waals surface area contributed by atoms with Gasteiger partial charge in [0.2, 0.25) is 0 Å². The van der Waals surface area contributed by atoms with Crippen molar-refractivity contribution in [1.82, 2.24) is 15.2 Å². The average molecular weight is 432 g/mol. The van der Waals surface area contributed by atoms with Crippen molar-refractivity contribution in [2.75, 3.05) is 0 Å². The van der Waals surface area contributed by atoms with Crippen LogP contribution in [0.5, 0.6) is 0 Å². The average Bonchev–Trinajstić information content (AvgIpc) is 3.39. The minimum absolute atomic E-state index is 0.0703. The van der Waals surface area contributed by atoms with E-state index in [-0.39, 0.29) is 10.8 Å². The number of hydrogen-bond acceptors (Lipinski definition) is 2. The number of aromatic nitrogens is 3. The zero-order valence-corrected chi connectivity index (χ0v) is 19.4. The molecule has 0 radical (unpaired) electrons. The molecule has 33 heavy (non-hydrogen) atoms. The summed E-state index contributed by atoms with van der Waals surface area (Å²) in [4.78, 5) is 4.44. The number of benzene rings is 3. The van der Waals surface area contributed by atoms with E-state index in [1.54, 1.807) is 6.33 Å². The number of H-pyrrole nitrogens is 1. The van der Waals surface area contributed by atoms with Gasteiger partial charge in [-0.3, -0.25) is 5.10 Å². The van der Waals surface area contributed by atoms with E-state index in [9.17, 15) is 0 Å². The smallest absolute Gasteiger partial charge is 0.155 e. The molecule has 0 spiro atoms. The van der Waals surface area contributed by atoms with Crippen LogP contribution in [0.1, 0.15) is 44.1 Å². The van der Waals surface area contributed by atoms with Crippen LogP contribution in [0.3, 0.4) is 0 Å². The van der Waals surface area contributed by atoms with Crippen LogP contribution in [0, 0.1) is 5.41 Å². The molecule has 0 saturated heterocycles. The molecule has 3 heteroatoms. The highest BCUT2D eigenvalue weighted by Gasteiger charge is 2.45. The molecule has 1 aliphatic carbocycles. The Morgan fingerprint density at radius 3 is 2.15 bits per heavy atom. The molecular weight excluding hydrogens is 402 g/mol. The van der Waals surface area contributed by atoms with Crippen molar-refractivity contribution < 1.29 is 0 Å². The fourth-order valence-corrected chi connectivity index (χ4v) is 5.21. The Labute approximate surface area is 195 Å². The van der Waals surface area contributed by atoms with Crippen molar-refractivity contribution in [1.29, 1.82) is 0 Å². The van der Waals surface area contributed by atoms with Gasteiger partial charge in [0.1, 0.15) is 6.33 Å². The molecule has 1 unspecified atom stereocenters. The summed E-state index contributed by atoms with van der Waals surface area (Å²) >= 11 is 0. The fourth-order valence-electron chi connectivity index (χ4n) is 5.21. The Morgan fingerprint density at radius 1 is 0.818 bits per heavy atom. The van der Waals surface area contributed by atoms with E-state index in [0.717, 1.165) is 17.8 Å². The first-order valence-electron chi connectivity index (χ1n) is 11.5. The lowest BCUT2D eigenvalue weighted by atomic mass is 9.57. The Balaban J connectivity index is 1.82. The second-order valence-corrected chi connectivity index (χ2v) is 9.69. The SMILES string of the molecule is CC(C)(C)C1=CC(c2ncn[nH]2)=CCC1(c1ccccc1)c1ccccc1-c1ccccc1. The van der Waals surface area contributed by atoms with Crippen LogP contribution in [-0.2, 0) is 5.41 Å². The third-order valence-corrected chi connectivity index (χ3v) is 6.62. The van der Waals surface area contributed by atoms with E-state index in [4.69, 9.17) is 0 Å². The summed E-state index contributed by atoms with van der Waals surface area (Å²) in [6.45, 7) is 6.93. The Morgan fingerprint density at radius 2 is 1.48 bits per heavy atom. The summed E-state index contributed by atoms with van der Waals surface area (Å²) in [7, 11) is 0. The van der Waals surface area contributed by atoms with Gasteiger partial charge >= 0.3 is 0 Å². The first kappa shape index (κ1) is 21.1. The lowest BCUT2D eigenvalue weighted by Crippen LogP contribution is -2.37. The van der Waals surface area contributed by atoms with E-state index in [2.05, 4.69) is 133 Å². The highest BCUT2D eigenvalue weighted by molar-refractivity contribution is 5.78. The van der Waals surface area contributed by atoms with Gasteiger partial charge in [0, 0.05) is 11.0 Å². The van der Waals surface area contributed by atoms with Crippen molar-refractivity contribution in [2.24, 2.45) is 5.41 Å². The van der Waals surface area contributed by atoms with E-state index in [1.165, 1.54) is 27.8 Å². The first-order valence-corrected chi connectivity index (χ1v) is 11.5. The largest absolute Gasteiger partial charge is 0.259 e. The third kappa shape index (κ3) is 3.74. The highest BCUT2D eigenvalue weighted by Crippen LogP contribution is 2.54. The van der Waals surface area contributed by atoms with E-state index < -0.39 is 0 Å². The highest BCUT2D eigenvalue weighted by atomic mass is 15.2. The molecule has 164 valence electrons. The standard InChI is InChI=1S/C30H29N3/c1-29(2,3)27-20-23(28-31-21-32-33-28)18-19-30(27,24-14-8-5-9-15-24)26-17-11-10-16-25(26)22-12-6-4-7-13-22/h4-18,20-21H,19H2,1-3H3,(H,31,32,33). The molecule has 4 aromatic rings. The monoisotopic (exact) mass is 431 g/mol. The molecule has 0 saturated carbocycles. The van der Waals surface area contributed by atoms with Crippen molar-refractivity contribution in [3.8, 4) is 11.1 Å². The van der Waals surface area contributed by atoms with Gasteiger partial charge in [-0.25, -0.2) is 4.98 Å². The molecule has 1 atom stereocenters. The lowest BCUT2D eigenvalue weighted by molar-refractivity contribution is 0.411. The second kappa shape index (κ2) is 8.32. The molecule has 1 aliphatic rings. The van der Waals surface area contributed by atoms with Crippen LogP contribution >= 0.6 is 0 Å². The number of rotatable bonds is 4. The minimum atomic E-state index is -0.296. The Bertz CT molecular complexity index is 1290. The van der Waals surface area contributed by atoms with Gasteiger partial charge < -0.3 is 0 Å². The summed E-state index contributed by atoms with van der Waals surface area (Å²) in [5.74, 6) is 0.815. The molecule has 3 nitrogen and oxygen atoms in total. The van der Waals surface area contributed by atoms with Gasteiger partial charge in [0.05, 0.1) is 0 Å². The molecule has 5 rings (SSSR count). The molecule has 0 aliphatic heterocycles. The fraction of sp³-hybridized carbons (Fsp3) is 0.200. The number of nitrogens with zero attached hydrogens (tertiary/aromatic N) is 2. The number of nitrogens with one attached hydrogen (secondary N) is 1. The van der Waals surface area contributed by atoms with Gasteiger partial charge in [0.25, 0.3) is 0 Å². The maximum atomic E-state index is 4.44. The van der Waals surface area contributed by atoms with Gasteiger partial charge in [-0.1, -0.05) is 118 Å². The van der Waals surface area contributed by atoms with Crippen LogP contribution in [0.15, 0.2) is 109 Å². The Kier molecular flexibility index (Phi) is 5.33. The van der Waals surface area contributed by atoms with Crippen LogP contribution in [0.4, 0.5) is 0 Å². The van der Waals surface area contributed by atoms with Crippen LogP contribution in [0.2, 0.25) is 0 Å². The van der Waals surface area contributed by atoms with Crippen LogP contribution in [-0.4, -0.2) is 15.2 Å². The van der Waals surface area contributed by atoms with E-state index >= 15 is 0 Å². The van der Waals surface area contributed by atoms with E-state index in [1.807, 2.05) is 0 Å². The van der Waals surface area contributed by atoms with Gasteiger partial charge in [-0.15, -0.1) is 0 Å². The molecular formula is C30H29N3. The number of aromatic amines is 1.